The van der Waals surface area contributed by atoms with Crippen LogP contribution < -0.4 is 0 Å². The van der Waals surface area contributed by atoms with Crippen LogP contribution in [0.5, 0.6) is 0 Å². The molecular weight excluding hydrogens is 224 g/mol. The van der Waals surface area contributed by atoms with E-state index in [1.165, 1.54) is 30.3 Å². The van der Waals surface area contributed by atoms with Gasteiger partial charge in [0.25, 0.3) is 5.92 Å². The molecule has 0 aliphatic carbocycles. The second kappa shape index (κ2) is 5.01. The number of hydrogen-bond acceptors (Lipinski definition) is 2. The van der Waals surface area contributed by atoms with E-state index in [9.17, 15) is 13.6 Å². The molecule has 1 aromatic rings. The number of alkyl halides is 2. The molecule has 0 N–H and O–H groups in total. The maximum atomic E-state index is 13.4. The molecule has 0 unspecified atom stereocenters. The van der Waals surface area contributed by atoms with Crippen LogP contribution in [-0.2, 0) is 10.7 Å². The van der Waals surface area contributed by atoms with Crippen LogP contribution in [0.1, 0.15) is 12.0 Å². The summed E-state index contributed by atoms with van der Waals surface area (Å²) in [6.45, 7) is -0.247. The van der Waals surface area contributed by atoms with Crippen molar-refractivity contribution in [2.24, 2.45) is 4.99 Å². The zero-order valence-corrected chi connectivity index (χ0v) is 8.47. The predicted octanol–water partition coefficient (Wildman–Crippen LogP) is 3.16. The van der Waals surface area contributed by atoms with E-state index in [2.05, 4.69) is 4.99 Å². The summed E-state index contributed by atoms with van der Waals surface area (Å²) in [6, 6.07) is 5.46. The third-order valence-corrected chi connectivity index (χ3v) is 2.08. The van der Waals surface area contributed by atoms with Crippen LogP contribution in [0, 0.1) is 0 Å². The lowest BCUT2D eigenvalue weighted by molar-refractivity contribution is -0.0105. The number of aliphatic imine (C=N–C) groups is 1. The summed E-state index contributed by atoms with van der Waals surface area (Å²) in [4.78, 5) is 12.8. The Hall–Kier alpha value is -1.25. The lowest BCUT2D eigenvalue weighted by Crippen LogP contribution is -2.14. The average Bonchev–Trinajstić information content (AvgIpc) is 2.18. The summed E-state index contributed by atoms with van der Waals surface area (Å²) in [7, 11) is 0. The third-order valence-electron chi connectivity index (χ3n) is 1.85. The number of benzene rings is 1. The van der Waals surface area contributed by atoms with Gasteiger partial charge < -0.3 is 0 Å². The lowest BCUT2D eigenvalue weighted by atomic mass is 10.1. The maximum absolute atomic E-state index is 13.4. The van der Waals surface area contributed by atoms with Gasteiger partial charge >= 0.3 is 0 Å². The average molecular weight is 232 g/mol. The number of hydrogen-bond donors (Lipinski definition) is 0. The van der Waals surface area contributed by atoms with E-state index in [-0.39, 0.29) is 17.1 Å². The Morgan fingerprint density at radius 2 is 2.20 bits per heavy atom. The van der Waals surface area contributed by atoms with Crippen LogP contribution in [0.25, 0.3) is 0 Å². The molecule has 0 heterocycles. The van der Waals surface area contributed by atoms with Crippen molar-refractivity contribution >= 4 is 17.7 Å². The number of isocyanates is 1. The first kappa shape index (κ1) is 11.8. The quantitative estimate of drug-likeness (QED) is 0.578. The summed E-state index contributed by atoms with van der Waals surface area (Å²) >= 11 is 5.59. The Bertz CT molecular complexity index is 389. The molecule has 80 valence electrons. The largest absolute Gasteiger partial charge is 0.275 e. The molecule has 0 amide bonds. The Morgan fingerprint density at radius 1 is 1.47 bits per heavy atom. The smallest absolute Gasteiger partial charge is 0.211 e. The molecule has 0 spiro atoms. The van der Waals surface area contributed by atoms with E-state index in [0.29, 0.717) is 0 Å². The topological polar surface area (TPSA) is 29.4 Å². The number of halogens is 3. The molecule has 15 heavy (non-hydrogen) atoms. The summed E-state index contributed by atoms with van der Waals surface area (Å²) in [5.41, 5.74) is -0.170. The molecule has 0 aromatic heterocycles. The van der Waals surface area contributed by atoms with Crippen molar-refractivity contribution in [3.63, 3.8) is 0 Å². The van der Waals surface area contributed by atoms with Gasteiger partial charge in [0.05, 0.1) is 6.54 Å². The van der Waals surface area contributed by atoms with E-state index >= 15 is 0 Å². The monoisotopic (exact) mass is 231 g/mol. The second-order valence-electron chi connectivity index (χ2n) is 2.94. The van der Waals surface area contributed by atoms with Gasteiger partial charge in [-0.25, -0.2) is 18.6 Å². The first-order chi connectivity index (χ1) is 7.06. The van der Waals surface area contributed by atoms with E-state index in [0.717, 1.165) is 0 Å². The Balaban J connectivity index is 2.80. The summed E-state index contributed by atoms with van der Waals surface area (Å²) < 4.78 is 26.8. The highest BCUT2D eigenvalue weighted by Crippen LogP contribution is 2.32. The van der Waals surface area contributed by atoms with Crippen molar-refractivity contribution in [1.82, 2.24) is 0 Å². The minimum absolute atomic E-state index is 0.170. The van der Waals surface area contributed by atoms with Crippen LogP contribution in [0.4, 0.5) is 8.78 Å². The van der Waals surface area contributed by atoms with Crippen LogP contribution in [0.15, 0.2) is 29.3 Å². The van der Waals surface area contributed by atoms with Crippen LogP contribution in [0.3, 0.4) is 0 Å². The first-order valence-corrected chi connectivity index (χ1v) is 4.61. The van der Waals surface area contributed by atoms with Crippen molar-refractivity contribution < 1.29 is 13.6 Å². The van der Waals surface area contributed by atoms with Gasteiger partial charge in [-0.15, -0.1) is 0 Å². The Labute approximate surface area is 90.6 Å². The van der Waals surface area contributed by atoms with Gasteiger partial charge in [-0.05, 0) is 12.1 Å². The van der Waals surface area contributed by atoms with Crippen LogP contribution >= 0.6 is 11.6 Å². The van der Waals surface area contributed by atoms with E-state index in [1.807, 2.05) is 0 Å². The van der Waals surface area contributed by atoms with Gasteiger partial charge in [-0.1, -0.05) is 23.7 Å². The molecule has 0 saturated heterocycles. The Kier molecular flexibility index (Phi) is 3.95. The van der Waals surface area contributed by atoms with Gasteiger partial charge in [-0.2, -0.15) is 0 Å². The zero-order chi connectivity index (χ0) is 11.3. The third kappa shape index (κ3) is 3.42. The number of nitrogens with zero attached hydrogens (tertiary/aromatic N) is 1. The standard InChI is InChI=1S/C10H8ClF2NO/c11-9-3-1-2-8(6-9)10(12,13)4-5-14-7-15/h1-3,6H,4-5H2. The van der Waals surface area contributed by atoms with Crippen molar-refractivity contribution in [3.8, 4) is 0 Å². The maximum Gasteiger partial charge on any atom is 0.275 e. The molecule has 0 radical (unpaired) electrons. The van der Waals surface area contributed by atoms with Crippen molar-refractivity contribution in [2.75, 3.05) is 6.54 Å². The zero-order valence-electron chi connectivity index (χ0n) is 7.71. The minimum Gasteiger partial charge on any atom is -0.211 e. The highest BCUT2D eigenvalue weighted by molar-refractivity contribution is 6.30. The summed E-state index contributed by atoms with van der Waals surface area (Å²) in [6.07, 6.45) is 0.694. The van der Waals surface area contributed by atoms with Gasteiger partial charge in [0.15, 0.2) is 0 Å². The lowest BCUT2D eigenvalue weighted by Gasteiger charge is -2.15. The van der Waals surface area contributed by atoms with E-state index < -0.39 is 12.3 Å². The van der Waals surface area contributed by atoms with E-state index in [1.54, 1.807) is 0 Å². The molecule has 1 rings (SSSR count). The van der Waals surface area contributed by atoms with Crippen molar-refractivity contribution in [2.45, 2.75) is 12.3 Å². The molecule has 0 bridgehead atoms. The molecule has 2 nitrogen and oxygen atoms in total. The SMILES string of the molecule is O=C=NCCC(F)(F)c1cccc(Cl)c1. The van der Waals surface area contributed by atoms with E-state index in [4.69, 9.17) is 11.6 Å². The Morgan fingerprint density at radius 3 is 2.80 bits per heavy atom. The highest BCUT2D eigenvalue weighted by Gasteiger charge is 2.30. The summed E-state index contributed by atoms with van der Waals surface area (Å²) in [5.74, 6) is -3.02. The van der Waals surface area contributed by atoms with Gasteiger partial charge in [0, 0.05) is 17.0 Å². The van der Waals surface area contributed by atoms with Crippen LogP contribution in [0.2, 0.25) is 5.02 Å². The summed E-state index contributed by atoms with van der Waals surface area (Å²) in [5, 5.41) is 0.256. The first-order valence-electron chi connectivity index (χ1n) is 4.24. The normalized spacial score (nSPS) is 10.9. The molecule has 0 aliphatic rings. The molecular formula is C10H8ClF2NO. The minimum atomic E-state index is -3.02. The fourth-order valence-electron chi connectivity index (χ4n) is 1.10. The number of rotatable bonds is 4. The molecule has 0 aliphatic heterocycles. The highest BCUT2D eigenvalue weighted by atomic mass is 35.5. The van der Waals surface area contributed by atoms with Crippen molar-refractivity contribution in [3.05, 3.63) is 34.9 Å². The molecule has 5 heteroatoms. The molecule has 0 saturated carbocycles. The van der Waals surface area contributed by atoms with Gasteiger partial charge in [-0.3, -0.25) is 0 Å². The fraction of sp³-hybridized carbons (Fsp3) is 0.300. The van der Waals surface area contributed by atoms with Gasteiger partial charge in [0.2, 0.25) is 6.08 Å². The fourth-order valence-corrected chi connectivity index (χ4v) is 1.29. The number of carbonyl (C=O) groups excluding carboxylic acids is 1. The molecule has 1 aromatic carbocycles. The van der Waals surface area contributed by atoms with Crippen LogP contribution in [-0.4, -0.2) is 12.6 Å². The van der Waals surface area contributed by atoms with Gasteiger partial charge in [0.1, 0.15) is 0 Å². The predicted molar refractivity (Wildman–Crippen MR) is 53.0 cm³/mol. The molecule has 0 fully saturated rings. The second-order valence-corrected chi connectivity index (χ2v) is 3.37. The van der Waals surface area contributed by atoms with Crippen molar-refractivity contribution in [1.29, 1.82) is 0 Å². The molecule has 0 atom stereocenters.